The Morgan fingerprint density at radius 3 is 2.48 bits per heavy atom. The Morgan fingerprint density at radius 2 is 1.71 bits per heavy atom. The van der Waals surface area contributed by atoms with Gasteiger partial charge in [0.15, 0.2) is 11.5 Å². The van der Waals surface area contributed by atoms with Crippen LogP contribution in [0.2, 0.25) is 0 Å². The third-order valence-electron chi connectivity index (χ3n) is 3.32. The average molecular weight is 283 g/mol. The fourth-order valence-corrected chi connectivity index (χ4v) is 2.14. The van der Waals surface area contributed by atoms with Crippen LogP contribution in [0.25, 0.3) is 0 Å². The van der Waals surface area contributed by atoms with Crippen molar-refractivity contribution in [2.45, 2.75) is 13.3 Å². The molecule has 0 unspecified atom stereocenters. The maximum Gasteiger partial charge on any atom is 0.255 e. The van der Waals surface area contributed by atoms with Crippen LogP contribution in [0.15, 0.2) is 42.5 Å². The van der Waals surface area contributed by atoms with Crippen molar-refractivity contribution >= 4 is 11.6 Å². The average Bonchev–Trinajstić information content (AvgIpc) is 2.74. The van der Waals surface area contributed by atoms with Gasteiger partial charge in [0, 0.05) is 17.7 Å². The molecule has 0 saturated heterocycles. The number of ether oxygens (including phenoxy) is 2. The minimum absolute atomic E-state index is 0.158. The molecule has 0 atom stereocenters. The molecule has 4 heteroatoms. The smallest absolute Gasteiger partial charge is 0.255 e. The number of amides is 1. The molecule has 0 aromatic heterocycles. The molecular formula is C17H17NO3. The van der Waals surface area contributed by atoms with E-state index in [1.807, 2.05) is 31.2 Å². The topological polar surface area (TPSA) is 47.6 Å². The van der Waals surface area contributed by atoms with Crippen LogP contribution in [0.1, 0.15) is 22.3 Å². The Balaban J connectivity index is 1.78. The van der Waals surface area contributed by atoms with E-state index in [1.54, 1.807) is 18.2 Å². The Hall–Kier alpha value is -2.49. The zero-order valence-electron chi connectivity index (χ0n) is 11.9. The van der Waals surface area contributed by atoms with Gasteiger partial charge in [-0.2, -0.15) is 0 Å². The number of carbonyl (C=O) groups excluding carboxylic acids is 1. The second kappa shape index (κ2) is 5.87. The number of fused-ring (bicyclic) bond motifs is 1. The fraction of sp³-hybridized carbons (Fsp3) is 0.235. The number of benzene rings is 2. The zero-order valence-corrected chi connectivity index (χ0v) is 11.9. The van der Waals surface area contributed by atoms with Crippen molar-refractivity contribution in [2.75, 3.05) is 18.5 Å². The third kappa shape index (κ3) is 3.16. The lowest BCUT2D eigenvalue weighted by atomic mass is 10.1. The summed E-state index contributed by atoms with van der Waals surface area (Å²) >= 11 is 0. The van der Waals surface area contributed by atoms with Gasteiger partial charge in [0.2, 0.25) is 0 Å². The van der Waals surface area contributed by atoms with E-state index in [0.29, 0.717) is 30.3 Å². The number of nitrogens with one attached hydrogen (secondary N) is 1. The highest BCUT2D eigenvalue weighted by molar-refractivity contribution is 6.04. The summed E-state index contributed by atoms with van der Waals surface area (Å²) in [7, 11) is 0. The van der Waals surface area contributed by atoms with Gasteiger partial charge in [-0.25, -0.2) is 0 Å². The maximum atomic E-state index is 12.3. The lowest BCUT2D eigenvalue weighted by Crippen LogP contribution is -2.12. The first-order valence-electron chi connectivity index (χ1n) is 7.00. The SMILES string of the molecule is Cc1ccc(NC(=O)c2ccc3c(c2)OCCCO3)cc1. The van der Waals surface area contributed by atoms with Gasteiger partial charge in [-0.1, -0.05) is 17.7 Å². The largest absolute Gasteiger partial charge is 0.490 e. The van der Waals surface area contributed by atoms with E-state index in [1.165, 1.54) is 0 Å². The molecule has 1 aliphatic rings. The van der Waals surface area contributed by atoms with E-state index >= 15 is 0 Å². The first kappa shape index (κ1) is 13.5. The second-order valence-electron chi connectivity index (χ2n) is 5.03. The van der Waals surface area contributed by atoms with Crippen LogP contribution >= 0.6 is 0 Å². The first-order valence-corrected chi connectivity index (χ1v) is 7.00. The summed E-state index contributed by atoms with van der Waals surface area (Å²) < 4.78 is 11.2. The molecule has 1 heterocycles. The molecule has 1 amide bonds. The molecule has 0 fully saturated rings. The zero-order chi connectivity index (χ0) is 14.7. The summed E-state index contributed by atoms with van der Waals surface area (Å²) in [6, 6.07) is 13.0. The number of hydrogen-bond acceptors (Lipinski definition) is 3. The summed E-state index contributed by atoms with van der Waals surface area (Å²) in [5, 5.41) is 2.87. The van der Waals surface area contributed by atoms with Crippen LogP contribution in [0.4, 0.5) is 5.69 Å². The standard InChI is InChI=1S/C17H17NO3/c1-12-3-6-14(7-4-12)18-17(19)13-5-8-15-16(11-13)21-10-2-9-20-15/h3-8,11H,2,9-10H2,1H3,(H,18,19). The number of hydrogen-bond donors (Lipinski definition) is 1. The summed E-state index contributed by atoms with van der Waals surface area (Å²) in [6.07, 6.45) is 0.847. The van der Waals surface area contributed by atoms with Crippen molar-refractivity contribution in [3.8, 4) is 11.5 Å². The normalized spacial score (nSPS) is 13.4. The van der Waals surface area contributed by atoms with Crippen molar-refractivity contribution in [1.82, 2.24) is 0 Å². The Labute approximate surface area is 123 Å². The van der Waals surface area contributed by atoms with E-state index in [0.717, 1.165) is 17.7 Å². The molecule has 2 aromatic carbocycles. The van der Waals surface area contributed by atoms with Crippen molar-refractivity contribution in [2.24, 2.45) is 0 Å². The van der Waals surface area contributed by atoms with Gasteiger partial charge < -0.3 is 14.8 Å². The highest BCUT2D eigenvalue weighted by Crippen LogP contribution is 2.30. The van der Waals surface area contributed by atoms with E-state index < -0.39 is 0 Å². The molecule has 0 aliphatic carbocycles. The van der Waals surface area contributed by atoms with E-state index in [9.17, 15) is 4.79 Å². The molecule has 0 bridgehead atoms. The molecule has 21 heavy (non-hydrogen) atoms. The summed E-state index contributed by atoms with van der Waals surface area (Å²) in [4.78, 5) is 12.3. The van der Waals surface area contributed by atoms with E-state index in [-0.39, 0.29) is 5.91 Å². The number of anilines is 1. The highest BCUT2D eigenvalue weighted by atomic mass is 16.5. The molecule has 2 aromatic rings. The highest BCUT2D eigenvalue weighted by Gasteiger charge is 2.14. The quantitative estimate of drug-likeness (QED) is 0.918. The van der Waals surface area contributed by atoms with Gasteiger partial charge >= 0.3 is 0 Å². The van der Waals surface area contributed by atoms with Crippen molar-refractivity contribution in [3.05, 3.63) is 53.6 Å². The summed E-state index contributed by atoms with van der Waals surface area (Å²) in [5.41, 5.74) is 2.49. The lowest BCUT2D eigenvalue weighted by Gasteiger charge is -2.10. The van der Waals surface area contributed by atoms with Gasteiger partial charge in [0.25, 0.3) is 5.91 Å². The van der Waals surface area contributed by atoms with Gasteiger partial charge in [-0.05, 0) is 37.3 Å². The summed E-state index contributed by atoms with van der Waals surface area (Å²) in [5.74, 6) is 1.16. The van der Waals surface area contributed by atoms with Crippen LogP contribution in [-0.4, -0.2) is 19.1 Å². The number of aryl methyl sites for hydroxylation is 1. The molecule has 1 aliphatic heterocycles. The van der Waals surface area contributed by atoms with Crippen molar-refractivity contribution < 1.29 is 14.3 Å². The maximum absolute atomic E-state index is 12.3. The molecule has 108 valence electrons. The van der Waals surface area contributed by atoms with E-state index in [2.05, 4.69) is 5.32 Å². The van der Waals surface area contributed by atoms with Crippen LogP contribution in [0, 0.1) is 6.92 Å². The van der Waals surface area contributed by atoms with E-state index in [4.69, 9.17) is 9.47 Å². The van der Waals surface area contributed by atoms with Crippen molar-refractivity contribution in [1.29, 1.82) is 0 Å². The van der Waals surface area contributed by atoms with Crippen LogP contribution < -0.4 is 14.8 Å². The lowest BCUT2D eigenvalue weighted by molar-refractivity contribution is 0.102. The first-order chi connectivity index (χ1) is 10.2. The molecule has 4 nitrogen and oxygen atoms in total. The Kier molecular flexibility index (Phi) is 3.77. The number of rotatable bonds is 2. The summed E-state index contributed by atoms with van der Waals surface area (Å²) in [6.45, 7) is 3.26. The molecule has 0 spiro atoms. The minimum atomic E-state index is -0.158. The van der Waals surface area contributed by atoms with Crippen LogP contribution in [-0.2, 0) is 0 Å². The molecule has 1 N–H and O–H groups in total. The van der Waals surface area contributed by atoms with Gasteiger partial charge in [-0.15, -0.1) is 0 Å². The number of carbonyl (C=O) groups is 1. The fourth-order valence-electron chi connectivity index (χ4n) is 2.14. The molecule has 0 saturated carbocycles. The molecule has 0 radical (unpaired) electrons. The second-order valence-corrected chi connectivity index (χ2v) is 5.03. The predicted octanol–water partition coefficient (Wildman–Crippen LogP) is 3.41. The van der Waals surface area contributed by atoms with Gasteiger partial charge in [0.05, 0.1) is 13.2 Å². The van der Waals surface area contributed by atoms with Crippen LogP contribution in [0.5, 0.6) is 11.5 Å². The predicted molar refractivity (Wildman–Crippen MR) is 81.2 cm³/mol. The minimum Gasteiger partial charge on any atom is -0.490 e. The third-order valence-corrected chi connectivity index (χ3v) is 3.32. The molecular weight excluding hydrogens is 266 g/mol. The Morgan fingerprint density at radius 1 is 1.00 bits per heavy atom. The molecule has 3 rings (SSSR count). The van der Waals surface area contributed by atoms with Gasteiger partial charge in [-0.3, -0.25) is 4.79 Å². The van der Waals surface area contributed by atoms with Gasteiger partial charge in [0.1, 0.15) is 0 Å². The van der Waals surface area contributed by atoms with Crippen LogP contribution in [0.3, 0.4) is 0 Å². The monoisotopic (exact) mass is 283 g/mol. The Bertz CT molecular complexity index is 650. The van der Waals surface area contributed by atoms with Crippen molar-refractivity contribution in [3.63, 3.8) is 0 Å².